The fourth-order valence-electron chi connectivity index (χ4n) is 5.06. The summed E-state index contributed by atoms with van der Waals surface area (Å²) in [7, 11) is 0. The van der Waals surface area contributed by atoms with Crippen LogP contribution in [0.5, 0.6) is 0 Å². The second kappa shape index (κ2) is 17.0. The predicted octanol–water partition coefficient (Wildman–Crippen LogP) is 8.05. The van der Waals surface area contributed by atoms with Gasteiger partial charge in [-0.15, -0.1) is 0 Å². The van der Waals surface area contributed by atoms with Gasteiger partial charge in [0.1, 0.15) is 6.61 Å². The number of nitrogens with one attached hydrogen (secondary N) is 1. The fourth-order valence-corrected chi connectivity index (χ4v) is 5.06. The van der Waals surface area contributed by atoms with E-state index in [-0.39, 0.29) is 42.6 Å². The standard InChI is InChI=1S/C40H40F3NO7/c1-26(2)23-49-37(47)39(30-10-6-5-7-11-30,38(48)50-24-27(3)4)25-51-35(45)22-28-14-20-32(21-15-28)44-36(46)34-13-9-8-12-33(34)29-16-18-31(19-17-29)40(41,42)43/h5-21,26-27H,22-25H2,1-4H3,(H,44,46). The third-order valence-electron chi connectivity index (χ3n) is 7.76. The summed E-state index contributed by atoms with van der Waals surface area (Å²) in [6, 6.07) is 25.7. The van der Waals surface area contributed by atoms with Crippen molar-refractivity contribution in [3.05, 3.63) is 125 Å². The van der Waals surface area contributed by atoms with Crippen molar-refractivity contribution >= 4 is 29.5 Å². The average Bonchev–Trinajstić information content (AvgIpc) is 3.11. The lowest BCUT2D eigenvalue weighted by atomic mass is 9.81. The van der Waals surface area contributed by atoms with Gasteiger partial charge in [-0.2, -0.15) is 13.2 Å². The Kier molecular flexibility index (Phi) is 12.8. The van der Waals surface area contributed by atoms with Crippen LogP contribution in [0.15, 0.2) is 103 Å². The molecule has 8 nitrogen and oxygen atoms in total. The number of rotatable bonds is 14. The molecule has 1 amide bonds. The van der Waals surface area contributed by atoms with Crippen molar-refractivity contribution in [1.82, 2.24) is 0 Å². The lowest BCUT2D eigenvalue weighted by molar-refractivity contribution is -0.172. The highest BCUT2D eigenvalue weighted by Crippen LogP contribution is 2.33. The molecule has 4 rings (SSSR count). The van der Waals surface area contributed by atoms with Crippen LogP contribution in [0, 0.1) is 11.8 Å². The van der Waals surface area contributed by atoms with Crippen molar-refractivity contribution in [3.63, 3.8) is 0 Å². The Morgan fingerprint density at radius 1 is 0.647 bits per heavy atom. The smallest absolute Gasteiger partial charge is 0.416 e. The largest absolute Gasteiger partial charge is 0.464 e. The van der Waals surface area contributed by atoms with Gasteiger partial charge in [0.05, 0.1) is 25.2 Å². The Balaban J connectivity index is 1.47. The van der Waals surface area contributed by atoms with Crippen molar-refractivity contribution < 1.29 is 46.6 Å². The van der Waals surface area contributed by atoms with Crippen molar-refractivity contribution in [1.29, 1.82) is 0 Å². The van der Waals surface area contributed by atoms with Crippen molar-refractivity contribution in [3.8, 4) is 11.1 Å². The molecule has 4 aromatic carbocycles. The van der Waals surface area contributed by atoms with Gasteiger partial charge in [0.15, 0.2) is 0 Å². The van der Waals surface area contributed by atoms with E-state index in [0.29, 0.717) is 22.4 Å². The molecular formula is C40H40F3NO7. The highest BCUT2D eigenvalue weighted by molar-refractivity contribution is 6.09. The summed E-state index contributed by atoms with van der Waals surface area (Å²) in [5.74, 6) is -3.00. The minimum Gasteiger partial charge on any atom is -0.464 e. The zero-order valence-corrected chi connectivity index (χ0v) is 28.8. The summed E-state index contributed by atoms with van der Waals surface area (Å²) in [5, 5.41) is 2.77. The Hall–Kier alpha value is -5.45. The minimum absolute atomic E-state index is 0.0156. The summed E-state index contributed by atoms with van der Waals surface area (Å²) in [5.41, 5.74) is -0.490. The molecule has 0 radical (unpaired) electrons. The molecule has 0 aromatic heterocycles. The second-order valence-electron chi connectivity index (χ2n) is 12.9. The number of ether oxygens (including phenoxy) is 3. The van der Waals surface area contributed by atoms with Crippen LogP contribution in [-0.4, -0.2) is 43.6 Å². The molecule has 0 saturated carbocycles. The first kappa shape index (κ1) is 38.4. The highest BCUT2D eigenvalue weighted by atomic mass is 19.4. The maximum absolute atomic E-state index is 13.6. The number of carbonyl (C=O) groups excluding carboxylic acids is 4. The number of carbonyl (C=O) groups is 4. The van der Waals surface area contributed by atoms with E-state index in [9.17, 15) is 32.3 Å². The average molecular weight is 704 g/mol. The number of esters is 3. The summed E-state index contributed by atoms with van der Waals surface area (Å²) in [6.45, 7) is 6.86. The Morgan fingerprint density at radius 2 is 1.20 bits per heavy atom. The number of hydrogen-bond acceptors (Lipinski definition) is 7. The molecule has 1 N–H and O–H groups in total. The van der Waals surface area contributed by atoms with E-state index in [0.717, 1.165) is 12.1 Å². The third-order valence-corrected chi connectivity index (χ3v) is 7.76. The van der Waals surface area contributed by atoms with Crippen LogP contribution in [0.25, 0.3) is 11.1 Å². The van der Waals surface area contributed by atoms with E-state index >= 15 is 0 Å². The molecule has 0 spiro atoms. The maximum atomic E-state index is 13.6. The van der Waals surface area contributed by atoms with Gasteiger partial charge in [-0.1, -0.05) is 100 Å². The summed E-state index contributed by atoms with van der Waals surface area (Å²) < 4.78 is 55.8. The van der Waals surface area contributed by atoms with Gasteiger partial charge in [-0.3, -0.25) is 19.2 Å². The number of amides is 1. The molecular weight excluding hydrogens is 663 g/mol. The van der Waals surface area contributed by atoms with E-state index in [1.807, 2.05) is 27.7 Å². The van der Waals surface area contributed by atoms with Crippen LogP contribution >= 0.6 is 0 Å². The zero-order valence-electron chi connectivity index (χ0n) is 28.8. The SMILES string of the molecule is CC(C)COC(=O)C(COC(=O)Cc1ccc(NC(=O)c2ccccc2-c2ccc(C(F)(F)F)cc2)cc1)(C(=O)OCC(C)C)c1ccccc1. The molecule has 0 fully saturated rings. The van der Waals surface area contributed by atoms with Gasteiger partial charge in [0.25, 0.3) is 5.91 Å². The van der Waals surface area contributed by atoms with Crippen LogP contribution in [0.3, 0.4) is 0 Å². The Bertz CT molecular complexity index is 1780. The summed E-state index contributed by atoms with van der Waals surface area (Å²) in [6.07, 6.45) is -4.69. The van der Waals surface area contributed by atoms with E-state index in [4.69, 9.17) is 14.2 Å². The van der Waals surface area contributed by atoms with Crippen LogP contribution in [0.1, 0.15) is 54.7 Å². The number of alkyl halides is 3. The zero-order chi connectivity index (χ0) is 37.2. The van der Waals surface area contributed by atoms with Gasteiger partial charge < -0.3 is 19.5 Å². The molecule has 0 aliphatic rings. The summed E-state index contributed by atoms with van der Waals surface area (Å²) in [4.78, 5) is 53.6. The number of halogens is 3. The molecule has 0 saturated heterocycles. The topological polar surface area (TPSA) is 108 Å². The van der Waals surface area contributed by atoms with E-state index in [1.165, 1.54) is 12.1 Å². The van der Waals surface area contributed by atoms with Gasteiger partial charge >= 0.3 is 24.1 Å². The second-order valence-corrected chi connectivity index (χ2v) is 12.9. The quantitative estimate of drug-likeness (QED) is 0.0805. The normalized spacial score (nSPS) is 11.6. The van der Waals surface area contributed by atoms with Crippen molar-refractivity contribution in [2.75, 3.05) is 25.1 Å². The molecule has 51 heavy (non-hydrogen) atoms. The van der Waals surface area contributed by atoms with Crippen molar-refractivity contribution in [2.24, 2.45) is 11.8 Å². The molecule has 0 unspecified atom stereocenters. The van der Waals surface area contributed by atoms with Crippen LogP contribution in [-0.2, 0) is 46.6 Å². The number of anilines is 1. The molecule has 0 aliphatic heterocycles. The predicted molar refractivity (Wildman–Crippen MR) is 186 cm³/mol. The van der Waals surface area contributed by atoms with Crippen LogP contribution < -0.4 is 5.32 Å². The first-order valence-corrected chi connectivity index (χ1v) is 16.4. The van der Waals surface area contributed by atoms with Crippen LogP contribution in [0.4, 0.5) is 18.9 Å². The van der Waals surface area contributed by atoms with Gasteiger partial charge in [0, 0.05) is 11.3 Å². The number of benzene rings is 4. The highest BCUT2D eigenvalue weighted by Gasteiger charge is 2.52. The van der Waals surface area contributed by atoms with E-state index < -0.39 is 47.6 Å². The van der Waals surface area contributed by atoms with Gasteiger partial charge in [-0.25, -0.2) is 0 Å². The lowest BCUT2D eigenvalue weighted by Crippen LogP contribution is -2.50. The van der Waals surface area contributed by atoms with E-state index in [2.05, 4.69) is 5.32 Å². The molecule has 0 aliphatic carbocycles. The molecule has 268 valence electrons. The fraction of sp³-hybridized carbons (Fsp3) is 0.300. The Labute approximate surface area is 294 Å². The van der Waals surface area contributed by atoms with Gasteiger partial charge in [-0.05, 0) is 64.4 Å². The van der Waals surface area contributed by atoms with Gasteiger partial charge in [0.2, 0.25) is 5.41 Å². The maximum Gasteiger partial charge on any atom is 0.416 e. The Morgan fingerprint density at radius 3 is 1.75 bits per heavy atom. The minimum atomic E-state index is -4.48. The monoisotopic (exact) mass is 703 g/mol. The molecule has 11 heteroatoms. The van der Waals surface area contributed by atoms with Crippen LogP contribution in [0.2, 0.25) is 0 Å². The molecule has 0 bridgehead atoms. The first-order chi connectivity index (χ1) is 24.2. The third kappa shape index (κ3) is 10.1. The molecule has 4 aromatic rings. The first-order valence-electron chi connectivity index (χ1n) is 16.4. The molecule has 0 atom stereocenters. The number of hydrogen-bond donors (Lipinski definition) is 1. The molecule has 0 heterocycles. The lowest BCUT2D eigenvalue weighted by Gasteiger charge is -2.30. The van der Waals surface area contributed by atoms with Crippen molar-refractivity contribution in [2.45, 2.75) is 45.7 Å². The summed E-state index contributed by atoms with van der Waals surface area (Å²) >= 11 is 0. The van der Waals surface area contributed by atoms with E-state index in [1.54, 1.807) is 78.9 Å².